The van der Waals surface area contributed by atoms with Crippen molar-refractivity contribution in [1.29, 1.82) is 0 Å². The van der Waals surface area contributed by atoms with Crippen LogP contribution in [-0.4, -0.2) is 15.9 Å². The summed E-state index contributed by atoms with van der Waals surface area (Å²) < 4.78 is 5.64. The monoisotopic (exact) mass is 385 g/mol. The molecule has 0 atom stereocenters. The number of hydrogen-bond acceptors (Lipinski definition) is 5. The number of para-hydroxylation sites is 1. The van der Waals surface area contributed by atoms with Gasteiger partial charge in [0, 0.05) is 22.8 Å². The molecule has 0 saturated carbocycles. The number of anilines is 1. The number of aromatic nitrogens is 2. The molecule has 3 heterocycles. The molecule has 28 heavy (non-hydrogen) atoms. The second-order valence-electron chi connectivity index (χ2n) is 6.48. The fraction of sp³-hybridized carbons (Fsp3) is 0.0455. The Hall–Kier alpha value is -3.51. The summed E-state index contributed by atoms with van der Waals surface area (Å²) >= 11 is 1.55. The highest BCUT2D eigenvalue weighted by Crippen LogP contribution is 2.31. The Morgan fingerprint density at radius 3 is 2.79 bits per heavy atom. The molecule has 136 valence electrons. The van der Waals surface area contributed by atoms with E-state index in [0.717, 1.165) is 37.6 Å². The smallest absolute Gasteiger partial charge is 0.291 e. The third kappa shape index (κ3) is 2.93. The number of carbonyl (C=O) groups is 1. The summed E-state index contributed by atoms with van der Waals surface area (Å²) in [4.78, 5) is 22.5. The van der Waals surface area contributed by atoms with Crippen LogP contribution in [-0.2, 0) is 0 Å². The molecule has 5 nitrogen and oxygen atoms in total. The number of aryl methyl sites for hydroxylation is 1. The Kier molecular flexibility index (Phi) is 3.91. The molecule has 3 aromatic heterocycles. The average Bonchev–Trinajstić information content (AvgIpc) is 3.33. The van der Waals surface area contributed by atoms with Gasteiger partial charge in [0.1, 0.15) is 20.9 Å². The molecule has 0 saturated heterocycles. The topological polar surface area (TPSA) is 68.0 Å². The number of benzene rings is 2. The Bertz CT molecular complexity index is 1270. The average molecular weight is 385 g/mol. The van der Waals surface area contributed by atoms with Gasteiger partial charge in [0.05, 0.1) is 0 Å². The Balaban J connectivity index is 1.42. The number of pyridine rings is 1. The van der Waals surface area contributed by atoms with Crippen molar-refractivity contribution in [3.05, 3.63) is 78.2 Å². The minimum atomic E-state index is -0.267. The molecule has 5 aromatic rings. The molecule has 0 aliphatic carbocycles. The van der Waals surface area contributed by atoms with Gasteiger partial charge in [0.15, 0.2) is 5.76 Å². The first-order chi connectivity index (χ1) is 13.7. The van der Waals surface area contributed by atoms with E-state index in [1.165, 1.54) is 0 Å². The number of rotatable bonds is 3. The van der Waals surface area contributed by atoms with Crippen molar-refractivity contribution in [2.24, 2.45) is 0 Å². The molecule has 0 unspecified atom stereocenters. The highest BCUT2D eigenvalue weighted by molar-refractivity contribution is 7.21. The third-order valence-electron chi connectivity index (χ3n) is 4.54. The number of thiazole rings is 1. The molecule has 0 aliphatic heterocycles. The van der Waals surface area contributed by atoms with Crippen LogP contribution in [0.5, 0.6) is 0 Å². The van der Waals surface area contributed by atoms with Gasteiger partial charge in [0.2, 0.25) is 0 Å². The number of hydrogen-bond donors (Lipinski definition) is 1. The predicted octanol–water partition coefficient (Wildman–Crippen LogP) is 5.67. The Morgan fingerprint density at radius 2 is 1.96 bits per heavy atom. The fourth-order valence-corrected chi connectivity index (χ4v) is 4.01. The molecule has 2 aromatic carbocycles. The lowest BCUT2D eigenvalue weighted by atomic mass is 10.1. The largest absolute Gasteiger partial charge is 0.451 e. The van der Waals surface area contributed by atoms with E-state index in [1.54, 1.807) is 23.6 Å². The van der Waals surface area contributed by atoms with E-state index in [-0.39, 0.29) is 5.91 Å². The molecule has 0 radical (unpaired) electrons. The molecule has 1 N–H and O–H groups in total. The van der Waals surface area contributed by atoms with Gasteiger partial charge in [-0.15, -0.1) is 0 Å². The SMILES string of the molecule is Cc1cc(-c2nc3cccnc3s2)ccc1NC(=O)c1cc2ccccc2o1. The maximum Gasteiger partial charge on any atom is 0.291 e. The van der Waals surface area contributed by atoms with E-state index < -0.39 is 0 Å². The summed E-state index contributed by atoms with van der Waals surface area (Å²) in [6.07, 6.45) is 1.77. The van der Waals surface area contributed by atoms with E-state index in [2.05, 4.69) is 15.3 Å². The van der Waals surface area contributed by atoms with Crippen LogP contribution in [0.4, 0.5) is 5.69 Å². The minimum absolute atomic E-state index is 0.267. The number of nitrogens with zero attached hydrogens (tertiary/aromatic N) is 2. The fourth-order valence-electron chi connectivity index (χ4n) is 3.11. The Labute approximate surface area is 164 Å². The summed E-state index contributed by atoms with van der Waals surface area (Å²) in [6, 6.07) is 19.0. The zero-order valence-corrected chi connectivity index (χ0v) is 15.8. The number of amides is 1. The second kappa shape index (κ2) is 6.58. The summed E-state index contributed by atoms with van der Waals surface area (Å²) in [5.41, 5.74) is 4.29. The molecule has 5 rings (SSSR count). The lowest BCUT2D eigenvalue weighted by molar-refractivity contribution is 0.0998. The highest BCUT2D eigenvalue weighted by Gasteiger charge is 2.14. The summed E-state index contributed by atoms with van der Waals surface area (Å²) in [7, 11) is 0. The van der Waals surface area contributed by atoms with Crippen molar-refractivity contribution in [3.63, 3.8) is 0 Å². The van der Waals surface area contributed by atoms with Crippen LogP contribution in [0.2, 0.25) is 0 Å². The molecule has 6 heteroatoms. The van der Waals surface area contributed by atoms with E-state index in [0.29, 0.717) is 11.3 Å². The summed E-state index contributed by atoms with van der Waals surface area (Å²) in [5.74, 6) is 0.0261. The standard InChI is InChI=1S/C22H15N3O2S/c1-13-11-15(21-25-17-6-4-10-23-22(17)28-21)8-9-16(13)24-20(26)19-12-14-5-2-3-7-18(14)27-19/h2-12H,1H3,(H,24,26). The van der Waals surface area contributed by atoms with Crippen molar-refractivity contribution >= 4 is 44.2 Å². The molecule has 0 bridgehead atoms. The van der Waals surface area contributed by atoms with Crippen molar-refractivity contribution in [3.8, 4) is 10.6 Å². The van der Waals surface area contributed by atoms with Crippen LogP contribution in [0.25, 0.3) is 31.9 Å². The molecule has 0 aliphatic rings. The first kappa shape index (κ1) is 16.6. The van der Waals surface area contributed by atoms with Gasteiger partial charge in [-0.1, -0.05) is 29.5 Å². The van der Waals surface area contributed by atoms with Crippen molar-refractivity contribution in [2.75, 3.05) is 5.32 Å². The lowest BCUT2D eigenvalue weighted by Gasteiger charge is -2.08. The first-order valence-electron chi connectivity index (χ1n) is 8.80. The van der Waals surface area contributed by atoms with Crippen LogP contribution in [0, 0.1) is 6.92 Å². The molecule has 1 amide bonds. The second-order valence-corrected chi connectivity index (χ2v) is 7.46. The van der Waals surface area contributed by atoms with Crippen LogP contribution in [0.15, 0.2) is 71.3 Å². The third-order valence-corrected chi connectivity index (χ3v) is 5.57. The first-order valence-corrected chi connectivity index (χ1v) is 9.61. The lowest BCUT2D eigenvalue weighted by Crippen LogP contribution is -2.11. The predicted molar refractivity (Wildman–Crippen MR) is 112 cm³/mol. The minimum Gasteiger partial charge on any atom is -0.451 e. The van der Waals surface area contributed by atoms with E-state index >= 15 is 0 Å². The quantitative estimate of drug-likeness (QED) is 0.435. The van der Waals surface area contributed by atoms with Crippen LogP contribution >= 0.6 is 11.3 Å². The van der Waals surface area contributed by atoms with Crippen LogP contribution in [0.3, 0.4) is 0 Å². The van der Waals surface area contributed by atoms with Crippen molar-refractivity contribution in [2.45, 2.75) is 6.92 Å². The maximum absolute atomic E-state index is 12.6. The zero-order valence-electron chi connectivity index (χ0n) is 15.0. The van der Waals surface area contributed by atoms with Gasteiger partial charge < -0.3 is 9.73 Å². The normalized spacial score (nSPS) is 11.2. The number of fused-ring (bicyclic) bond motifs is 2. The Morgan fingerprint density at radius 1 is 1.07 bits per heavy atom. The number of furan rings is 1. The van der Waals surface area contributed by atoms with E-state index in [1.807, 2.05) is 61.5 Å². The molecule has 0 fully saturated rings. The number of nitrogens with one attached hydrogen (secondary N) is 1. The number of carbonyl (C=O) groups excluding carboxylic acids is 1. The van der Waals surface area contributed by atoms with Gasteiger partial charge in [-0.05, 0) is 55.0 Å². The molecule has 0 spiro atoms. The van der Waals surface area contributed by atoms with Gasteiger partial charge in [-0.25, -0.2) is 9.97 Å². The maximum atomic E-state index is 12.6. The highest BCUT2D eigenvalue weighted by atomic mass is 32.1. The van der Waals surface area contributed by atoms with Gasteiger partial charge in [-0.3, -0.25) is 4.79 Å². The van der Waals surface area contributed by atoms with Crippen molar-refractivity contribution in [1.82, 2.24) is 9.97 Å². The van der Waals surface area contributed by atoms with E-state index in [9.17, 15) is 4.79 Å². The summed E-state index contributed by atoms with van der Waals surface area (Å²) in [5, 5.41) is 4.75. The van der Waals surface area contributed by atoms with Gasteiger partial charge in [-0.2, -0.15) is 0 Å². The van der Waals surface area contributed by atoms with Gasteiger partial charge in [0.25, 0.3) is 5.91 Å². The van der Waals surface area contributed by atoms with Gasteiger partial charge >= 0.3 is 0 Å². The van der Waals surface area contributed by atoms with E-state index in [4.69, 9.17) is 4.42 Å². The van der Waals surface area contributed by atoms with Crippen LogP contribution < -0.4 is 5.32 Å². The molecular weight excluding hydrogens is 370 g/mol. The zero-order chi connectivity index (χ0) is 19.1. The van der Waals surface area contributed by atoms with Crippen molar-refractivity contribution < 1.29 is 9.21 Å². The van der Waals surface area contributed by atoms with Crippen LogP contribution in [0.1, 0.15) is 16.1 Å². The molecular formula is C22H15N3O2S. The summed E-state index contributed by atoms with van der Waals surface area (Å²) in [6.45, 7) is 1.96.